The Morgan fingerprint density at radius 3 is 2.56 bits per heavy atom. The molecule has 0 radical (unpaired) electrons. The number of carbonyl (C=O) groups is 2. The van der Waals surface area contributed by atoms with E-state index in [4.69, 9.17) is 9.16 Å². The molecule has 136 valence electrons. The van der Waals surface area contributed by atoms with Gasteiger partial charge in [-0.2, -0.15) is 0 Å². The van der Waals surface area contributed by atoms with Crippen molar-refractivity contribution in [1.82, 2.24) is 4.90 Å². The third kappa shape index (κ3) is 4.58. The van der Waals surface area contributed by atoms with Crippen LogP contribution in [0.1, 0.15) is 32.4 Å². The number of nitrogens with zero attached hydrogens (tertiary/aromatic N) is 1. The van der Waals surface area contributed by atoms with Crippen molar-refractivity contribution in [1.29, 1.82) is 0 Å². The lowest BCUT2D eigenvalue weighted by molar-refractivity contribution is -0.124. The second-order valence-corrected chi connectivity index (χ2v) is 12.5. The molecule has 1 aromatic carbocycles. The van der Waals surface area contributed by atoms with E-state index in [2.05, 4.69) is 33.9 Å². The fourth-order valence-electron chi connectivity index (χ4n) is 2.29. The maximum absolute atomic E-state index is 12.5. The molecule has 1 fully saturated rings. The summed E-state index contributed by atoms with van der Waals surface area (Å²) < 4.78 is 11.1. The van der Waals surface area contributed by atoms with Crippen molar-refractivity contribution in [2.45, 2.75) is 44.9 Å². The maximum atomic E-state index is 12.5. The predicted molar refractivity (Wildman–Crippen MR) is 99.7 cm³/mol. The van der Waals surface area contributed by atoms with Gasteiger partial charge in [-0.15, -0.1) is 0 Å². The van der Waals surface area contributed by atoms with Gasteiger partial charge < -0.3 is 9.16 Å². The van der Waals surface area contributed by atoms with Crippen LogP contribution in [-0.4, -0.2) is 38.4 Å². The summed E-state index contributed by atoms with van der Waals surface area (Å²) in [4.78, 5) is 25.6. The monoisotopic (exact) mass is 361 g/mol. The second kappa shape index (κ2) is 7.54. The largest absolute Gasteiger partial charge is 0.446 e. The lowest BCUT2D eigenvalue weighted by Crippen LogP contribution is -2.40. The first-order valence-corrected chi connectivity index (χ1v) is 11.4. The zero-order chi connectivity index (χ0) is 18.7. The molecule has 1 heterocycles. The van der Waals surface area contributed by atoms with E-state index >= 15 is 0 Å². The van der Waals surface area contributed by atoms with Crippen LogP contribution in [0.2, 0.25) is 18.1 Å². The van der Waals surface area contributed by atoms with E-state index in [1.165, 1.54) is 6.08 Å². The van der Waals surface area contributed by atoms with E-state index in [1.54, 1.807) is 6.08 Å². The number of rotatable bonds is 5. The molecular weight excluding hydrogens is 334 g/mol. The summed E-state index contributed by atoms with van der Waals surface area (Å²) in [6.07, 6.45) is 2.47. The Kier molecular flexibility index (Phi) is 5.85. The standard InChI is InChI=1S/C19H27NO4Si/c1-19(2,3)25(4,5)24-13-9-12-17(21)20-16(14-23-18(20)22)15-10-7-6-8-11-15/h6-12,16H,13-14H2,1-5H3/b12-9+/t16-/m1/s1. The van der Waals surface area contributed by atoms with Crippen LogP contribution >= 0.6 is 0 Å². The number of benzene rings is 1. The van der Waals surface area contributed by atoms with Crippen molar-refractivity contribution >= 4 is 20.3 Å². The summed E-state index contributed by atoms with van der Waals surface area (Å²) in [6, 6.07) is 9.04. The Bertz CT molecular complexity index is 649. The molecule has 0 spiro atoms. The molecule has 1 aromatic rings. The van der Waals surface area contributed by atoms with Crippen molar-refractivity contribution in [2.75, 3.05) is 13.2 Å². The molecule has 0 aromatic heterocycles. The summed E-state index contributed by atoms with van der Waals surface area (Å²) in [5.74, 6) is -0.379. The minimum Gasteiger partial charge on any atom is -0.446 e. The van der Waals surface area contributed by atoms with Gasteiger partial charge >= 0.3 is 6.09 Å². The van der Waals surface area contributed by atoms with Crippen LogP contribution in [0, 0.1) is 0 Å². The highest BCUT2D eigenvalue weighted by atomic mass is 28.4. The number of carbonyl (C=O) groups excluding carboxylic acids is 2. The fraction of sp³-hybridized carbons (Fsp3) is 0.474. The van der Waals surface area contributed by atoms with Crippen molar-refractivity contribution < 1.29 is 18.8 Å². The molecule has 25 heavy (non-hydrogen) atoms. The Labute approximate surface area is 150 Å². The number of cyclic esters (lactones) is 1. The lowest BCUT2D eigenvalue weighted by Gasteiger charge is -2.35. The lowest BCUT2D eigenvalue weighted by atomic mass is 10.1. The third-order valence-electron chi connectivity index (χ3n) is 4.90. The minimum absolute atomic E-state index is 0.113. The van der Waals surface area contributed by atoms with Gasteiger partial charge in [-0.05, 0) is 23.7 Å². The first kappa shape index (κ1) is 19.4. The zero-order valence-corrected chi connectivity index (χ0v) is 16.6. The number of amides is 2. The van der Waals surface area contributed by atoms with E-state index in [0.29, 0.717) is 6.61 Å². The second-order valence-electron chi connectivity index (χ2n) is 7.69. The number of hydrogen-bond acceptors (Lipinski definition) is 4. The van der Waals surface area contributed by atoms with E-state index in [0.717, 1.165) is 10.5 Å². The van der Waals surface area contributed by atoms with Crippen LogP contribution < -0.4 is 0 Å². The van der Waals surface area contributed by atoms with Gasteiger partial charge in [0, 0.05) is 6.08 Å². The summed E-state index contributed by atoms with van der Waals surface area (Å²) in [5, 5.41) is 0.113. The molecule has 5 nitrogen and oxygen atoms in total. The minimum atomic E-state index is -1.86. The molecule has 1 atom stereocenters. The Hall–Kier alpha value is -1.92. The van der Waals surface area contributed by atoms with E-state index in [-0.39, 0.29) is 23.6 Å². The van der Waals surface area contributed by atoms with Crippen LogP contribution in [0.4, 0.5) is 4.79 Å². The Balaban J connectivity index is 2.00. The van der Waals surface area contributed by atoms with Gasteiger partial charge in [-0.3, -0.25) is 4.79 Å². The average molecular weight is 362 g/mol. The van der Waals surface area contributed by atoms with E-state index in [9.17, 15) is 9.59 Å². The van der Waals surface area contributed by atoms with Crippen molar-refractivity contribution in [3.8, 4) is 0 Å². The first-order valence-electron chi connectivity index (χ1n) is 8.49. The smallest absolute Gasteiger partial charge is 0.417 e. The zero-order valence-electron chi connectivity index (χ0n) is 15.6. The highest BCUT2D eigenvalue weighted by Gasteiger charge is 2.38. The van der Waals surface area contributed by atoms with Gasteiger partial charge in [0.1, 0.15) is 12.6 Å². The highest BCUT2D eigenvalue weighted by Crippen LogP contribution is 2.36. The van der Waals surface area contributed by atoms with Gasteiger partial charge in [-0.1, -0.05) is 57.2 Å². The van der Waals surface area contributed by atoms with Crippen molar-refractivity contribution in [3.63, 3.8) is 0 Å². The van der Waals surface area contributed by atoms with E-state index in [1.807, 2.05) is 30.3 Å². The molecule has 1 aliphatic rings. The summed E-state index contributed by atoms with van der Waals surface area (Å²) in [6.45, 7) is 11.4. The number of ether oxygens (including phenoxy) is 1. The SMILES string of the molecule is CC(C)(C)[Si](C)(C)OC/C=C/C(=O)N1C(=O)OC[C@@H]1c1ccccc1. The maximum Gasteiger partial charge on any atom is 0.417 e. The predicted octanol–water partition coefficient (Wildman–Crippen LogP) is 4.28. The molecule has 0 unspecified atom stereocenters. The molecule has 2 amide bonds. The average Bonchev–Trinajstić information content (AvgIpc) is 2.93. The summed E-state index contributed by atoms with van der Waals surface area (Å²) >= 11 is 0. The Morgan fingerprint density at radius 2 is 1.96 bits per heavy atom. The van der Waals surface area contributed by atoms with Gasteiger partial charge in [0.2, 0.25) is 0 Å². The van der Waals surface area contributed by atoms with Crippen LogP contribution in [0.3, 0.4) is 0 Å². The quantitative estimate of drug-likeness (QED) is 0.580. The van der Waals surface area contributed by atoms with E-state index < -0.39 is 14.4 Å². The molecule has 0 N–H and O–H groups in total. The van der Waals surface area contributed by atoms with Gasteiger partial charge in [0.15, 0.2) is 8.32 Å². The Morgan fingerprint density at radius 1 is 1.32 bits per heavy atom. The first-order chi connectivity index (χ1) is 11.6. The highest BCUT2D eigenvalue weighted by molar-refractivity contribution is 6.74. The van der Waals surface area contributed by atoms with Crippen LogP contribution in [-0.2, 0) is 14.0 Å². The van der Waals surface area contributed by atoms with Gasteiger partial charge in [0.25, 0.3) is 5.91 Å². The van der Waals surface area contributed by atoms with Crippen molar-refractivity contribution in [2.24, 2.45) is 0 Å². The molecule has 0 aliphatic carbocycles. The summed E-state index contributed by atoms with van der Waals surface area (Å²) in [5.41, 5.74) is 0.882. The molecule has 1 aliphatic heterocycles. The normalized spacial score (nSPS) is 18.7. The molecular formula is C19H27NO4Si. The van der Waals surface area contributed by atoms with Crippen LogP contribution in [0.15, 0.2) is 42.5 Å². The fourth-order valence-corrected chi connectivity index (χ4v) is 3.23. The third-order valence-corrected chi connectivity index (χ3v) is 9.40. The molecule has 6 heteroatoms. The molecule has 0 bridgehead atoms. The van der Waals surface area contributed by atoms with Crippen LogP contribution in [0.25, 0.3) is 0 Å². The van der Waals surface area contributed by atoms with Crippen LogP contribution in [0.5, 0.6) is 0 Å². The molecule has 0 saturated carbocycles. The topological polar surface area (TPSA) is 55.8 Å². The van der Waals surface area contributed by atoms with Crippen molar-refractivity contribution in [3.05, 3.63) is 48.0 Å². The summed E-state index contributed by atoms with van der Waals surface area (Å²) in [7, 11) is -1.86. The molecule has 1 saturated heterocycles. The number of hydrogen-bond donors (Lipinski definition) is 0. The number of imide groups is 1. The molecule has 2 rings (SSSR count). The van der Waals surface area contributed by atoms with Gasteiger partial charge in [-0.25, -0.2) is 9.69 Å². The van der Waals surface area contributed by atoms with Gasteiger partial charge in [0.05, 0.1) is 6.61 Å².